The second kappa shape index (κ2) is 12.9. The fourth-order valence-corrected chi connectivity index (χ4v) is 3.26. The quantitative estimate of drug-likeness (QED) is 0.385. The van der Waals surface area contributed by atoms with Gasteiger partial charge in [-0.15, -0.1) is 12.4 Å². The number of ether oxygens (including phenoxy) is 3. The van der Waals surface area contributed by atoms with E-state index in [2.05, 4.69) is 54.7 Å². The molecule has 3 rings (SSSR count). The average molecular weight is 442 g/mol. The first-order chi connectivity index (χ1) is 14.7. The summed E-state index contributed by atoms with van der Waals surface area (Å²) in [6.45, 7) is 6.84. The van der Waals surface area contributed by atoms with E-state index in [1.54, 1.807) is 7.11 Å². The van der Waals surface area contributed by atoms with Crippen LogP contribution in [-0.4, -0.2) is 20.3 Å². The molecule has 0 amide bonds. The van der Waals surface area contributed by atoms with Gasteiger partial charge in [0.25, 0.3) is 0 Å². The predicted octanol–water partition coefficient (Wildman–Crippen LogP) is 5.74. The molecule has 0 radical (unpaired) electrons. The van der Waals surface area contributed by atoms with Gasteiger partial charge in [-0.3, -0.25) is 0 Å². The van der Waals surface area contributed by atoms with Gasteiger partial charge < -0.3 is 19.5 Å². The molecule has 3 aromatic rings. The van der Waals surface area contributed by atoms with Gasteiger partial charge >= 0.3 is 0 Å². The molecule has 0 aliphatic rings. The minimum atomic E-state index is 0. The fraction of sp³-hybridized carbons (Fsp3) is 0.308. The molecular formula is C26H32ClNO3. The van der Waals surface area contributed by atoms with Gasteiger partial charge in [-0.05, 0) is 61.7 Å². The Labute approximate surface area is 192 Å². The molecule has 0 saturated heterocycles. The molecule has 166 valence electrons. The zero-order chi connectivity index (χ0) is 21.2. The molecule has 0 atom stereocenters. The van der Waals surface area contributed by atoms with Crippen LogP contribution in [0.2, 0.25) is 0 Å². The monoisotopic (exact) mass is 441 g/mol. The van der Waals surface area contributed by atoms with Crippen molar-refractivity contribution in [2.75, 3.05) is 20.3 Å². The number of hydrogen-bond donors (Lipinski definition) is 1. The van der Waals surface area contributed by atoms with Gasteiger partial charge in [0.2, 0.25) is 0 Å². The maximum Gasteiger partial charge on any atom is 0.161 e. The first-order valence-corrected chi connectivity index (χ1v) is 10.5. The van der Waals surface area contributed by atoms with Crippen LogP contribution in [0.15, 0.2) is 66.7 Å². The predicted molar refractivity (Wildman–Crippen MR) is 129 cm³/mol. The lowest BCUT2D eigenvalue weighted by molar-refractivity contribution is 0.269. The number of rotatable bonds is 11. The first-order valence-electron chi connectivity index (χ1n) is 10.5. The molecule has 0 spiro atoms. The van der Waals surface area contributed by atoms with E-state index in [0.717, 1.165) is 42.3 Å². The van der Waals surface area contributed by atoms with Gasteiger partial charge in [0.15, 0.2) is 11.5 Å². The van der Waals surface area contributed by atoms with E-state index >= 15 is 0 Å². The van der Waals surface area contributed by atoms with Crippen LogP contribution >= 0.6 is 12.4 Å². The molecule has 31 heavy (non-hydrogen) atoms. The normalized spacial score (nSPS) is 10.3. The Hall–Kier alpha value is -2.69. The summed E-state index contributed by atoms with van der Waals surface area (Å²) >= 11 is 0. The first kappa shape index (κ1) is 24.6. The van der Waals surface area contributed by atoms with Gasteiger partial charge in [0.1, 0.15) is 12.4 Å². The highest BCUT2D eigenvalue weighted by molar-refractivity contribution is 5.85. The average Bonchev–Trinajstić information content (AvgIpc) is 2.77. The lowest BCUT2D eigenvalue weighted by Gasteiger charge is -2.14. The number of aryl methyl sites for hydroxylation is 1. The summed E-state index contributed by atoms with van der Waals surface area (Å²) in [4.78, 5) is 0. The summed E-state index contributed by atoms with van der Waals surface area (Å²) in [5.41, 5.74) is 4.77. The maximum atomic E-state index is 6.02. The van der Waals surface area contributed by atoms with Crippen molar-refractivity contribution in [3.63, 3.8) is 0 Å². The fourth-order valence-electron chi connectivity index (χ4n) is 3.26. The molecule has 0 saturated carbocycles. The third-order valence-electron chi connectivity index (χ3n) is 4.92. The minimum absolute atomic E-state index is 0. The van der Waals surface area contributed by atoms with Gasteiger partial charge in [-0.2, -0.15) is 0 Å². The lowest BCUT2D eigenvalue weighted by Crippen LogP contribution is -2.17. The Bertz CT molecular complexity index is 928. The van der Waals surface area contributed by atoms with Crippen LogP contribution in [0.1, 0.15) is 29.2 Å². The van der Waals surface area contributed by atoms with E-state index < -0.39 is 0 Å². The van der Waals surface area contributed by atoms with Gasteiger partial charge in [0, 0.05) is 6.54 Å². The van der Waals surface area contributed by atoms with Crippen molar-refractivity contribution in [2.45, 2.75) is 33.4 Å². The molecule has 0 aromatic heterocycles. The Morgan fingerprint density at radius 3 is 2.29 bits per heavy atom. The molecular weight excluding hydrogens is 410 g/mol. The molecule has 0 heterocycles. The van der Waals surface area contributed by atoms with Crippen molar-refractivity contribution in [3.8, 4) is 17.2 Å². The van der Waals surface area contributed by atoms with Crippen molar-refractivity contribution in [3.05, 3.63) is 89.0 Å². The number of nitrogens with one attached hydrogen (secondary N) is 1. The van der Waals surface area contributed by atoms with Gasteiger partial charge in [-0.1, -0.05) is 54.1 Å². The number of hydrogen-bond acceptors (Lipinski definition) is 4. The van der Waals surface area contributed by atoms with E-state index in [9.17, 15) is 0 Å². The molecule has 0 bridgehead atoms. The van der Waals surface area contributed by atoms with E-state index in [1.165, 1.54) is 16.7 Å². The Balaban J connectivity index is 0.00000341. The van der Waals surface area contributed by atoms with Crippen molar-refractivity contribution in [2.24, 2.45) is 0 Å². The standard InChI is InChI=1S/C26H31NO3.ClH/c1-4-29-26-17-22(18-27-16-15-23-7-5-6-8-24(23)28-3)13-14-25(26)30-19-21-11-9-20(2)10-12-21;/h5-14,17,27H,4,15-16,18-19H2,1-3H3;1H. The highest BCUT2D eigenvalue weighted by Gasteiger charge is 2.08. The maximum absolute atomic E-state index is 6.02. The molecule has 0 aliphatic heterocycles. The van der Waals surface area contributed by atoms with Crippen molar-refractivity contribution < 1.29 is 14.2 Å². The summed E-state index contributed by atoms with van der Waals surface area (Å²) in [5.74, 6) is 2.50. The Kier molecular flexibility index (Phi) is 10.2. The van der Waals surface area contributed by atoms with E-state index in [0.29, 0.717) is 13.2 Å². The Morgan fingerprint density at radius 1 is 0.806 bits per heavy atom. The molecule has 3 aromatic carbocycles. The van der Waals surface area contributed by atoms with Crippen LogP contribution in [0.3, 0.4) is 0 Å². The van der Waals surface area contributed by atoms with Crippen molar-refractivity contribution in [1.29, 1.82) is 0 Å². The zero-order valence-corrected chi connectivity index (χ0v) is 19.3. The van der Waals surface area contributed by atoms with E-state index in [-0.39, 0.29) is 12.4 Å². The molecule has 0 fully saturated rings. The number of methoxy groups -OCH3 is 1. The summed E-state index contributed by atoms with van der Waals surface area (Å²) in [6.07, 6.45) is 0.917. The van der Waals surface area contributed by atoms with Crippen LogP contribution in [-0.2, 0) is 19.6 Å². The summed E-state index contributed by atoms with van der Waals surface area (Å²) < 4.78 is 17.3. The lowest BCUT2D eigenvalue weighted by atomic mass is 10.1. The van der Waals surface area contributed by atoms with Crippen LogP contribution in [0.25, 0.3) is 0 Å². The molecule has 5 heteroatoms. The van der Waals surface area contributed by atoms with Gasteiger partial charge in [-0.25, -0.2) is 0 Å². The van der Waals surface area contributed by atoms with E-state index in [1.807, 2.05) is 31.2 Å². The smallest absolute Gasteiger partial charge is 0.161 e. The second-order valence-corrected chi connectivity index (χ2v) is 7.23. The highest BCUT2D eigenvalue weighted by Crippen LogP contribution is 2.29. The van der Waals surface area contributed by atoms with Crippen LogP contribution < -0.4 is 19.5 Å². The number of para-hydroxylation sites is 1. The summed E-state index contributed by atoms with van der Waals surface area (Å²) in [6, 6.07) is 22.7. The molecule has 0 aliphatic carbocycles. The summed E-state index contributed by atoms with van der Waals surface area (Å²) in [5, 5.41) is 3.50. The largest absolute Gasteiger partial charge is 0.496 e. The van der Waals surface area contributed by atoms with Crippen molar-refractivity contribution >= 4 is 12.4 Å². The van der Waals surface area contributed by atoms with Crippen LogP contribution in [0.5, 0.6) is 17.2 Å². The topological polar surface area (TPSA) is 39.7 Å². The van der Waals surface area contributed by atoms with Crippen LogP contribution in [0, 0.1) is 6.92 Å². The number of benzene rings is 3. The third kappa shape index (κ3) is 7.50. The number of halogens is 1. The second-order valence-electron chi connectivity index (χ2n) is 7.23. The highest BCUT2D eigenvalue weighted by atomic mass is 35.5. The van der Waals surface area contributed by atoms with Gasteiger partial charge in [0.05, 0.1) is 13.7 Å². The minimum Gasteiger partial charge on any atom is -0.496 e. The van der Waals surface area contributed by atoms with Crippen LogP contribution in [0.4, 0.5) is 0 Å². The summed E-state index contributed by atoms with van der Waals surface area (Å²) in [7, 11) is 1.71. The third-order valence-corrected chi connectivity index (χ3v) is 4.92. The SMILES string of the molecule is CCOc1cc(CNCCc2ccccc2OC)ccc1OCc1ccc(C)cc1.Cl. The molecule has 1 N–H and O–H groups in total. The zero-order valence-electron chi connectivity index (χ0n) is 18.5. The molecule has 4 nitrogen and oxygen atoms in total. The van der Waals surface area contributed by atoms with Crippen molar-refractivity contribution in [1.82, 2.24) is 5.32 Å². The van der Waals surface area contributed by atoms with E-state index in [4.69, 9.17) is 14.2 Å². The Morgan fingerprint density at radius 2 is 1.55 bits per heavy atom. The molecule has 0 unspecified atom stereocenters.